The van der Waals surface area contributed by atoms with Crippen molar-refractivity contribution >= 4 is 5.91 Å². The Labute approximate surface area is 208 Å². The molecule has 0 spiro atoms. The van der Waals surface area contributed by atoms with E-state index in [9.17, 15) is 18.0 Å². The van der Waals surface area contributed by atoms with E-state index in [0.29, 0.717) is 48.5 Å². The molecule has 4 rings (SSSR count). The summed E-state index contributed by atoms with van der Waals surface area (Å²) in [6.45, 7) is 0.455. The number of piperidine rings is 1. The molecule has 3 aromatic rings. The van der Waals surface area contributed by atoms with Crippen LogP contribution in [0.4, 0.5) is 13.2 Å². The number of nitrogens with zero attached hydrogens (tertiary/aromatic N) is 2. The lowest BCUT2D eigenvalue weighted by atomic mass is 10.0. The number of ether oxygens (including phenoxy) is 2. The van der Waals surface area contributed by atoms with Crippen molar-refractivity contribution in [3.63, 3.8) is 0 Å². The zero-order valence-electron chi connectivity index (χ0n) is 19.9. The maximum atomic E-state index is 13.5. The summed E-state index contributed by atoms with van der Waals surface area (Å²) >= 11 is 0. The number of aromatic nitrogens is 1. The molecule has 9 heteroatoms. The fraction of sp³-hybridized carbons (Fsp3) is 0.333. The maximum absolute atomic E-state index is 13.5. The molecule has 1 aromatic heterocycles. The molecular formula is C27H28F3N3O3. The van der Waals surface area contributed by atoms with Crippen molar-refractivity contribution in [2.75, 3.05) is 26.8 Å². The van der Waals surface area contributed by atoms with Crippen LogP contribution < -0.4 is 10.1 Å². The molecule has 1 atom stereocenters. The molecule has 0 aliphatic carbocycles. The number of amides is 1. The molecular weight excluding hydrogens is 471 g/mol. The van der Waals surface area contributed by atoms with Crippen LogP contribution >= 0.6 is 0 Å². The first-order valence-electron chi connectivity index (χ1n) is 11.7. The molecule has 1 aliphatic heterocycles. The zero-order chi connectivity index (χ0) is 25.5. The second kappa shape index (κ2) is 12.0. The normalized spacial score (nSPS) is 15.6. The smallest absolute Gasteiger partial charge is 0.261 e. The zero-order valence-corrected chi connectivity index (χ0v) is 19.9. The number of benzene rings is 2. The van der Waals surface area contributed by atoms with Gasteiger partial charge in [-0.05, 0) is 54.8 Å². The van der Waals surface area contributed by atoms with Crippen LogP contribution in [-0.2, 0) is 4.74 Å². The average molecular weight is 500 g/mol. The Hall–Kier alpha value is -3.43. The fourth-order valence-corrected chi connectivity index (χ4v) is 4.27. The lowest BCUT2D eigenvalue weighted by Crippen LogP contribution is -2.46. The van der Waals surface area contributed by atoms with Gasteiger partial charge in [-0.2, -0.15) is 0 Å². The Bertz CT molecular complexity index is 1150. The summed E-state index contributed by atoms with van der Waals surface area (Å²) in [6.07, 6.45) is -0.457. The lowest BCUT2D eigenvalue weighted by Gasteiger charge is -2.37. The second-order valence-electron chi connectivity index (χ2n) is 8.58. The van der Waals surface area contributed by atoms with Crippen LogP contribution in [0.5, 0.6) is 5.75 Å². The van der Waals surface area contributed by atoms with Gasteiger partial charge in [0.2, 0.25) is 0 Å². The van der Waals surface area contributed by atoms with Gasteiger partial charge in [0.15, 0.2) is 0 Å². The van der Waals surface area contributed by atoms with Gasteiger partial charge in [-0.1, -0.05) is 24.3 Å². The van der Waals surface area contributed by atoms with E-state index in [-0.39, 0.29) is 17.8 Å². The van der Waals surface area contributed by atoms with Gasteiger partial charge in [0.1, 0.15) is 24.4 Å². The second-order valence-corrected chi connectivity index (χ2v) is 8.58. The standard InChI is InChI=1S/C27H28F3N3O3/c1-35-23-7-3-5-19(15-23)27(36-17-25(29)30)33-12-10-22(11-13-33)32-26(34)20-8-9-24(31-16-20)18-4-2-6-21(28)14-18/h2-9,14-16,22,25,27H,10-13,17H2,1H3,(H,32,34). The van der Waals surface area contributed by atoms with E-state index in [2.05, 4.69) is 10.3 Å². The number of carbonyl (C=O) groups excluding carboxylic acids is 1. The molecule has 0 saturated carbocycles. The molecule has 36 heavy (non-hydrogen) atoms. The highest BCUT2D eigenvalue weighted by molar-refractivity contribution is 5.94. The van der Waals surface area contributed by atoms with Crippen LogP contribution in [0.1, 0.15) is 35.0 Å². The van der Waals surface area contributed by atoms with E-state index in [4.69, 9.17) is 9.47 Å². The number of hydrogen-bond donors (Lipinski definition) is 1. The Morgan fingerprint density at radius 1 is 1.11 bits per heavy atom. The Morgan fingerprint density at radius 3 is 2.56 bits per heavy atom. The SMILES string of the molecule is COc1cccc(C(OCC(F)F)N2CCC(NC(=O)c3ccc(-c4cccc(F)c4)nc3)CC2)c1. The number of nitrogens with one attached hydrogen (secondary N) is 1. The molecule has 1 N–H and O–H groups in total. The summed E-state index contributed by atoms with van der Waals surface area (Å²) < 4.78 is 50.1. The van der Waals surface area contributed by atoms with Gasteiger partial charge < -0.3 is 14.8 Å². The summed E-state index contributed by atoms with van der Waals surface area (Å²) in [6, 6.07) is 16.6. The molecule has 1 fully saturated rings. The molecule has 0 radical (unpaired) electrons. The minimum absolute atomic E-state index is 0.0716. The molecule has 2 aromatic carbocycles. The third-order valence-corrected chi connectivity index (χ3v) is 6.10. The molecule has 1 unspecified atom stereocenters. The molecule has 1 amide bonds. The number of methoxy groups -OCH3 is 1. The van der Waals surface area contributed by atoms with Crippen LogP contribution in [0.15, 0.2) is 66.9 Å². The van der Waals surface area contributed by atoms with Crippen LogP contribution in [0.3, 0.4) is 0 Å². The van der Waals surface area contributed by atoms with Crippen molar-refractivity contribution in [1.82, 2.24) is 15.2 Å². The van der Waals surface area contributed by atoms with Gasteiger partial charge in [0.05, 0.1) is 18.4 Å². The minimum Gasteiger partial charge on any atom is -0.497 e. The average Bonchev–Trinajstić information content (AvgIpc) is 2.90. The predicted octanol–water partition coefficient (Wildman–Crippen LogP) is 5.07. The van der Waals surface area contributed by atoms with E-state index in [1.165, 1.54) is 18.3 Å². The summed E-state index contributed by atoms with van der Waals surface area (Å²) in [5.41, 5.74) is 2.36. The van der Waals surface area contributed by atoms with Crippen molar-refractivity contribution in [2.24, 2.45) is 0 Å². The minimum atomic E-state index is -2.57. The van der Waals surface area contributed by atoms with Crippen LogP contribution in [-0.4, -0.2) is 55.1 Å². The third-order valence-electron chi connectivity index (χ3n) is 6.10. The molecule has 1 aliphatic rings. The van der Waals surface area contributed by atoms with E-state index in [0.717, 1.165) is 5.56 Å². The van der Waals surface area contributed by atoms with Gasteiger partial charge >= 0.3 is 0 Å². The number of hydrogen-bond acceptors (Lipinski definition) is 5. The fourth-order valence-electron chi connectivity index (χ4n) is 4.27. The predicted molar refractivity (Wildman–Crippen MR) is 129 cm³/mol. The van der Waals surface area contributed by atoms with Gasteiger partial charge in [-0.3, -0.25) is 14.7 Å². The van der Waals surface area contributed by atoms with Crippen LogP contribution in [0, 0.1) is 5.82 Å². The molecule has 2 heterocycles. The summed E-state index contributed by atoms with van der Waals surface area (Å²) in [4.78, 5) is 19.0. The number of alkyl halides is 2. The third kappa shape index (κ3) is 6.61. The number of halogens is 3. The molecule has 6 nitrogen and oxygen atoms in total. The number of carbonyl (C=O) groups is 1. The van der Waals surface area contributed by atoms with Crippen LogP contribution in [0.25, 0.3) is 11.3 Å². The molecule has 1 saturated heterocycles. The largest absolute Gasteiger partial charge is 0.497 e. The van der Waals surface area contributed by atoms with Crippen molar-refractivity contribution in [3.05, 3.63) is 83.8 Å². The summed E-state index contributed by atoms with van der Waals surface area (Å²) in [7, 11) is 1.55. The van der Waals surface area contributed by atoms with Gasteiger partial charge in [-0.25, -0.2) is 13.2 Å². The molecule has 190 valence electrons. The number of likely N-dealkylation sites (tertiary alicyclic amines) is 1. The first-order chi connectivity index (χ1) is 17.4. The summed E-state index contributed by atoms with van der Waals surface area (Å²) in [5, 5.41) is 3.02. The highest BCUT2D eigenvalue weighted by Crippen LogP contribution is 2.29. The van der Waals surface area contributed by atoms with Gasteiger partial charge in [0.25, 0.3) is 12.3 Å². The van der Waals surface area contributed by atoms with Crippen LogP contribution in [0.2, 0.25) is 0 Å². The van der Waals surface area contributed by atoms with Crippen molar-refractivity contribution in [2.45, 2.75) is 31.5 Å². The topological polar surface area (TPSA) is 63.7 Å². The molecule has 0 bridgehead atoms. The van der Waals surface area contributed by atoms with E-state index in [1.54, 1.807) is 49.6 Å². The Morgan fingerprint density at radius 2 is 1.89 bits per heavy atom. The summed E-state index contributed by atoms with van der Waals surface area (Å²) in [5.74, 6) is 0.0260. The van der Waals surface area contributed by atoms with E-state index < -0.39 is 19.3 Å². The highest BCUT2D eigenvalue weighted by atomic mass is 19.3. The van der Waals surface area contributed by atoms with Gasteiger partial charge in [0, 0.05) is 30.9 Å². The highest BCUT2D eigenvalue weighted by Gasteiger charge is 2.28. The first-order valence-corrected chi connectivity index (χ1v) is 11.7. The number of rotatable bonds is 9. The Kier molecular flexibility index (Phi) is 8.56. The Balaban J connectivity index is 1.35. The van der Waals surface area contributed by atoms with Crippen molar-refractivity contribution in [3.8, 4) is 17.0 Å². The van der Waals surface area contributed by atoms with Gasteiger partial charge in [-0.15, -0.1) is 0 Å². The van der Waals surface area contributed by atoms with E-state index in [1.807, 2.05) is 11.0 Å². The van der Waals surface area contributed by atoms with E-state index >= 15 is 0 Å². The number of pyridine rings is 1. The van der Waals surface area contributed by atoms with Crippen molar-refractivity contribution in [1.29, 1.82) is 0 Å². The first kappa shape index (κ1) is 25.7. The quantitative estimate of drug-likeness (QED) is 0.445. The monoisotopic (exact) mass is 499 g/mol. The maximum Gasteiger partial charge on any atom is 0.261 e. The van der Waals surface area contributed by atoms with Crippen molar-refractivity contribution < 1.29 is 27.4 Å². The lowest BCUT2D eigenvalue weighted by molar-refractivity contribution is -0.104.